The minimum absolute atomic E-state index is 0.0488. The van der Waals surface area contributed by atoms with Gasteiger partial charge in [0, 0.05) is 36.3 Å². The first-order valence-electron chi connectivity index (χ1n) is 8.69. The molecule has 0 aliphatic carbocycles. The number of sulfonamides is 1. The van der Waals surface area contributed by atoms with Gasteiger partial charge in [-0.1, -0.05) is 17.7 Å². The molecule has 1 aliphatic heterocycles. The van der Waals surface area contributed by atoms with Gasteiger partial charge in [0.25, 0.3) is 10.0 Å². The van der Waals surface area contributed by atoms with Crippen LogP contribution in [0.15, 0.2) is 51.8 Å². The zero-order valence-electron chi connectivity index (χ0n) is 15.0. The highest BCUT2D eigenvalue weighted by Crippen LogP contribution is 2.22. The first kappa shape index (κ1) is 19.6. The minimum Gasteiger partial charge on any atom is -0.322 e. The van der Waals surface area contributed by atoms with E-state index in [-0.39, 0.29) is 4.90 Å². The normalized spacial score (nSPS) is 14.4. The van der Waals surface area contributed by atoms with Crippen LogP contribution in [0.1, 0.15) is 18.5 Å². The van der Waals surface area contributed by atoms with Crippen LogP contribution in [0.3, 0.4) is 0 Å². The summed E-state index contributed by atoms with van der Waals surface area (Å²) in [5.41, 5.74) is 0.951. The molecule has 29 heavy (non-hydrogen) atoms. The van der Waals surface area contributed by atoms with Crippen LogP contribution in [0.25, 0.3) is 11.0 Å². The van der Waals surface area contributed by atoms with Gasteiger partial charge in [0.15, 0.2) is 10.1 Å². The Hall–Kier alpha value is -2.69. The summed E-state index contributed by atoms with van der Waals surface area (Å²) in [5.74, 6) is 0.0359. The number of hydrogen-bond donors (Lipinski definition) is 2. The number of carbonyl (C=O) groups excluding carboxylic acids is 1. The Morgan fingerprint density at radius 1 is 1.34 bits per heavy atom. The predicted octanol–water partition coefficient (Wildman–Crippen LogP) is 3.17. The van der Waals surface area contributed by atoms with Crippen molar-refractivity contribution in [2.45, 2.75) is 17.7 Å². The molecule has 3 aromatic rings. The van der Waals surface area contributed by atoms with Crippen LogP contribution < -0.4 is 10.0 Å². The second-order valence-corrected chi connectivity index (χ2v) is 9.14. The van der Waals surface area contributed by atoms with E-state index >= 15 is 0 Å². The molecule has 0 saturated heterocycles. The van der Waals surface area contributed by atoms with Crippen molar-refractivity contribution in [1.82, 2.24) is 14.1 Å². The zero-order valence-corrected chi connectivity index (χ0v) is 17.4. The van der Waals surface area contributed by atoms with E-state index in [1.807, 2.05) is 11.6 Å². The number of aromatic nitrogens is 2. The van der Waals surface area contributed by atoms with Crippen molar-refractivity contribution >= 4 is 61.4 Å². The predicted molar refractivity (Wildman–Crippen MR) is 114 cm³/mol. The number of amides is 1. The number of halogens is 1. The lowest BCUT2D eigenvalue weighted by Crippen LogP contribution is -2.29. The van der Waals surface area contributed by atoms with Crippen molar-refractivity contribution < 1.29 is 13.2 Å². The SMILES string of the molecule is O=C(/C=C/c1c(Cl)nc2sccn12)Nc1cccc(S(=O)(=O)NC2=NCCC2)c1. The number of nitrogens with zero attached hydrogens (tertiary/aromatic N) is 3. The van der Waals surface area contributed by atoms with Gasteiger partial charge in [-0.25, -0.2) is 13.4 Å². The van der Waals surface area contributed by atoms with Gasteiger partial charge >= 0.3 is 0 Å². The van der Waals surface area contributed by atoms with E-state index < -0.39 is 15.9 Å². The number of fused-ring (bicyclic) bond motifs is 1. The van der Waals surface area contributed by atoms with Gasteiger partial charge in [-0.3, -0.25) is 18.9 Å². The molecule has 11 heteroatoms. The maximum atomic E-state index is 12.5. The van der Waals surface area contributed by atoms with Crippen molar-refractivity contribution in [3.05, 3.63) is 52.8 Å². The van der Waals surface area contributed by atoms with Crippen molar-refractivity contribution in [2.24, 2.45) is 4.99 Å². The van der Waals surface area contributed by atoms with Gasteiger partial charge < -0.3 is 5.32 Å². The summed E-state index contributed by atoms with van der Waals surface area (Å²) in [7, 11) is -3.75. The van der Waals surface area contributed by atoms with E-state index in [0.717, 1.165) is 11.4 Å². The molecule has 0 bridgehead atoms. The first-order valence-corrected chi connectivity index (χ1v) is 11.4. The van der Waals surface area contributed by atoms with Gasteiger partial charge in [0.2, 0.25) is 5.91 Å². The Bertz CT molecular complexity index is 1240. The average molecular weight is 450 g/mol. The molecule has 0 unspecified atom stereocenters. The van der Waals surface area contributed by atoms with Crippen LogP contribution in [0.2, 0.25) is 5.15 Å². The number of aliphatic imine (C=N–C) groups is 1. The largest absolute Gasteiger partial charge is 0.322 e. The highest BCUT2D eigenvalue weighted by Gasteiger charge is 2.18. The number of nitrogens with one attached hydrogen (secondary N) is 2. The Kier molecular flexibility index (Phi) is 5.39. The van der Waals surface area contributed by atoms with E-state index in [4.69, 9.17) is 11.6 Å². The molecular weight excluding hydrogens is 434 g/mol. The van der Waals surface area contributed by atoms with Gasteiger partial charge in [0.1, 0.15) is 5.84 Å². The molecule has 150 valence electrons. The number of rotatable bonds is 5. The first-order chi connectivity index (χ1) is 13.9. The fourth-order valence-electron chi connectivity index (χ4n) is 2.84. The maximum Gasteiger partial charge on any atom is 0.262 e. The summed E-state index contributed by atoms with van der Waals surface area (Å²) >= 11 is 7.54. The molecule has 8 nitrogen and oxygen atoms in total. The molecule has 1 aromatic carbocycles. The zero-order chi connectivity index (χ0) is 20.4. The number of hydrogen-bond acceptors (Lipinski definition) is 6. The molecule has 1 amide bonds. The molecular formula is C18H16ClN5O3S2. The molecule has 1 aliphatic rings. The summed E-state index contributed by atoms with van der Waals surface area (Å²) in [5, 5.41) is 4.82. The molecule has 2 aromatic heterocycles. The minimum atomic E-state index is -3.75. The van der Waals surface area contributed by atoms with Crippen LogP contribution in [0.4, 0.5) is 5.69 Å². The van der Waals surface area contributed by atoms with Crippen molar-refractivity contribution in [3.63, 3.8) is 0 Å². The number of imidazole rings is 1. The summed E-state index contributed by atoms with van der Waals surface area (Å²) in [6.07, 6.45) is 6.13. The lowest BCUT2D eigenvalue weighted by Gasteiger charge is -2.09. The Morgan fingerprint density at radius 2 is 2.21 bits per heavy atom. The van der Waals surface area contributed by atoms with Crippen LogP contribution in [0.5, 0.6) is 0 Å². The molecule has 0 saturated carbocycles. The van der Waals surface area contributed by atoms with Gasteiger partial charge in [-0.2, -0.15) is 0 Å². The topological polar surface area (TPSA) is 105 Å². The number of amidine groups is 1. The smallest absolute Gasteiger partial charge is 0.262 e. The second kappa shape index (κ2) is 7.97. The third kappa shape index (κ3) is 4.34. The summed E-state index contributed by atoms with van der Waals surface area (Å²) in [6.45, 7) is 0.624. The van der Waals surface area contributed by atoms with E-state index in [1.54, 1.807) is 22.6 Å². The molecule has 3 heterocycles. The summed E-state index contributed by atoms with van der Waals surface area (Å²) < 4.78 is 29.3. The van der Waals surface area contributed by atoms with Crippen molar-refractivity contribution in [2.75, 3.05) is 11.9 Å². The highest BCUT2D eigenvalue weighted by molar-refractivity contribution is 7.90. The van der Waals surface area contributed by atoms with E-state index in [2.05, 4.69) is 20.0 Å². The Morgan fingerprint density at radius 3 is 3.00 bits per heavy atom. The van der Waals surface area contributed by atoms with Gasteiger partial charge in [-0.15, -0.1) is 11.3 Å². The number of thiazole rings is 1. The van der Waals surface area contributed by atoms with Crippen LogP contribution in [-0.4, -0.2) is 36.1 Å². The lowest BCUT2D eigenvalue weighted by molar-refractivity contribution is -0.111. The maximum absolute atomic E-state index is 12.5. The van der Waals surface area contributed by atoms with E-state index in [1.165, 1.54) is 29.5 Å². The summed E-state index contributed by atoms with van der Waals surface area (Å²) in [6, 6.07) is 6.03. The Labute approximate surface area is 176 Å². The third-order valence-electron chi connectivity index (χ3n) is 4.19. The van der Waals surface area contributed by atoms with Crippen LogP contribution in [0, 0.1) is 0 Å². The standard InChI is InChI=1S/C18H16ClN5O3S2/c19-17-14(24-9-10-28-18(24)22-17)6-7-16(25)21-12-3-1-4-13(11-12)29(26,27)23-15-5-2-8-20-15/h1,3-4,6-7,9-11H,2,5,8H2,(H,20,23)(H,21,25)/b7-6+. The van der Waals surface area contributed by atoms with E-state index in [9.17, 15) is 13.2 Å². The number of benzene rings is 1. The van der Waals surface area contributed by atoms with Crippen LogP contribution in [-0.2, 0) is 14.8 Å². The van der Waals surface area contributed by atoms with Gasteiger partial charge in [-0.05, 0) is 30.7 Å². The molecule has 2 N–H and O–H groups in total. The molecule has 0 radical (unpaired) electrons. The Balaban J connectivity index is 1.48. The second-order valence-electron chi connectivity index (χ2n) is 6.23. The monoisotopic (exact) mass is 449 g/mol. The average Bonchev–Trinajstić information content (AvgIpc) is 3.39. The van der Waals surface area contributed by atoms with Crippen molar-refractivity contribution in [3.8, 4) is 0 Å². The number of anilines is 1. The van der Waals surface area contributed by atoms with E-state index in [0.29, 0.717) is 35.3 Å². The lowest BCUT2D eigenvalue weighted by atomic mass is 10.3. The number of carbonyl (C=O) groups is 1. The highest BCUT2D eigenvalue weighted by atomic mass is 35.5. The fraction of sp³-hybridized carbons (Fsp3) is 0.167. The fourth-order valence-corrected chi connectivity index (χ4v) is 4.98. The molecule has 0 spiro atoms. The molecule has 0 atom stereocenters. The summed E-state index contributed by atoms with van der Waals surface area (Å²) in [4.78, 5) is 21.4. The van der Waals surface area contributed by atoms with Crippen LogP contribution >= 0.6 is 22.9 Å². The molecule has 4 rings (SSSR count). The molecule has 0 fully saturated rings. The van der Waals surface area contributed by atoms with Crippen molar-refractivity contribution in [1.29, 1.82) is 0 Å². The quantitative estimate of drug-likeness (QED) is 0.583. The van der Waals surface area contributed by atoms with Gasteiger partial charge in [0.05, 0.1) is 10.6 Å². The third-order valence-corrected chi connectivity index (χ3v) is 6.60.